The van der Waals surface area contributed by atoms with Gasteiger partial charge in [-0.05, 0) is 17.7 Å². The van der Waals surface area contributed by atoms with Crippen LogP contribution in [0.1, 0.15) is 26.2 Å². The van der Waals surface area contributed by atoms with E-state index in [9.17, 15) is 4.79 Å². The van der Waals surface area contributed by atoms with Gasteiger partial charge in [-0.2, -0.15) is 0 Å². The van der Waals surface area contributed by atoms with Gasteiger partial charge in [0.15, 0.2) is 0 Å². The van der Waals surface area contributed by atoms with Crippen molar-refractivity contribution in [2.75, 3.05) is 0 Å². The molecule has 0 aromatic rings. The summed E-state index contributed by atoms with van der Waals surface area (Å²) in [6.07, 6.45) is 4.43. The lowest BCUT2D eigenvalue weighted by atomic mass is 10.2. The Bertz CT molecular complexity index is 295. The topological polar surface area (TPSA) is 69.1 Å². The zero-order valence-electron chi connectivity index (χ0n) is 9.08. The molecule has 0 aliphatic carbocycles. The van der Waals surface area contributed by atoms with Gasteiger partial charge in [0.25, 0.3) is 0 Å². The first-order valence-corrected chi connectivity index (χ1v) is 5.61. The highest BCUT2D eigenvalue weighted by Crippen LogP contribution is 2.31. The van der Waals surface area contributed by atoms with Crippen LogP contribution in [-0.2, 0) is 4.79 Å². The standard InChI is InChI=1S/C11H18N2OS/c1-4-5-6-8(2)15-10(7-12)9(3)11(13)14/h7H,2-6,12H2,1H3,(H2,13,14)/b10-7-. The predicted molar refractivity (Wildman–Crippen MR) is 66.9 cm³/mol. The molecule has 0 aromatic heterocycles. The van der Waals surface area contributed by atoms with Gasteiger partial charge in [-0.3, -0.25) is 4.79 Å². The van der Waals surface area contributed by atoms with Crippen LogP contribution in [0.4, 0.5) is 0 Å². The molecule has 4 heteroatoms. The van der Waals surface area contributed by atoms with E-state index in [2.05, 4.69) is 20.1 Å². The average Bonchev–Trinajstić information content (AvgIpc) is 2.21. The van der Waals surface area contributed by atoms with Gasteiger partial charge in [-0.25, -0.2) is 0 Å². The number of carbonyl (C=O) groups is 1. The minimum Gasteiger partial charge on any atom is -0.404 e. The van der Waals surface area contributed by atoms with Crippen molar-refractivity contribution in [2.24, 2.45) is 11.5 Å². The van der Waals surface area contributed by atoms with E-state index in [1.165, 1.54) is 18.0 Å². The van der Waals surface area contributed by atoms with Crippen LogP contribution < -0.4 is 11.5 Å². The minimum absolute atomic E-state index is 0.236. The summed E-state index contributed by atoms with van der Waals surface area (Å²) in [5.74, 6) is -0.553. The van der Waals surface area contributed by atoms with Crippen molar-refractivity contribution in [3.05, 3.63) is 34.7 Å². The summed E-state index contributed by atoms with van der Waals surface area (Å²) in [6, 6.07) is 0. The van der Waals surface area contributed by atoms with Crippen LogP contribution in [0.25, 0.3) is 0 Å². The van der Waals surface area contributed by atoms with Gasteiger partial charge in [-0.1, -0.05) is 38.3 Å². The highest BCUT2D eigenvalue weighted by Gasteiger charge is 2.10. The summed E-state index contributed by atoms with van der Waals surface area (Å²) < 4.78 is 0. The van der Waals surface area contributed by atoms with Gasteiger partial charge in [0, 0.05) is 16.7 Å². The summed E-state index contributed by atoms with van der Waals surface area (Å²) >= 11 is 1.36. The maximum Gasteiger partial charge on any atom is 0.249 e. The summed E-state index contributed by atoms with van der Waals surface area (Å²) in [4.78, 5) is 12.4. The predicted octanol–water partition coefficient (Wildman–Crippen LogP) is 2.27. The van der Waals surface area contributed by atoms with Crippen LogP contribution in [0.5, 0.6) is 0 Å². The smallest absolute Gasteiger partial charge is 0.249 e. The van der Waals surface area contributed by atoms with Crippen molar-refractivity contribution in [2.45, 2.75) is 26.2 Å². The van der Waals surface area contributed by atoms with Crippen LogP contribution >= 0.6 is 11.8 Å². The van der Waals surface area contributed by atoms with Gasteiger partial charge >= 0.3 is 0 Å². The second-order valence-corrected chi connectivity index (χ2v) is 4.34. The van der Waals surface area contributed by atoms with E-state index in [1.807, 2.05) is 0 Å². The molecule has 1 amide bonds. The second-order valence-electron chi connectivity index (χ2n) is 3.12. The zero-order chi connectivity index (χ0) is 11.8. The lowest BCUT2D eigenvalue weighted by Gasteiger charge is -2.08. The number of nitrogens with two attached hydrogens (primary N) is 2. The number of allylic oxidation sites excluding steroid dienone is 1. The minimum atomic E-state index is -0.553. The van der Waals surface area contributed by atoms with Crippen molar-refractivity contribution in [1.29, 1.82) is 0 Å². The molecular weight excluding hydrogens is 208 g/mol. The Morgan fingerprint density at radius 3 is 2.47 bits per heavy atom. The molecule has 0 radical (unpaired) electrons. The molecule has 0 saturated heterocycles. The molecule has 0 spiro atoms. The summed E-state index contributed by atoms with van der Waals surface area (Å²) in [6.45, 7) is 9.58. The molecule has 15 heavy (non-hydrogen) atoms. The normalized spacial score (nSPS) is 11.1. The van der Waals surface area contributed by atoms with E-state index in [1.54, 1.807) is 0 Å². The van der Waals surface area contributed by atoms with E-state index >= 15 is 0 Å². The summed E-state index contributed by atoms with van der Waals surface area (Å²) in [7, 11) is 0. The lowest BCUT2D eigenvalue weighted by molar-refractivity contribution is -0.114. The maximum absolute atomic E-state index is 10.9. The average molecular weight is 226 g/mol. The molecule has 0 aromatic carbocycles. The summed E-state index contributed by atoms with van der Waals surface area (Å²) in [5, 5.41) is 0. The molecule has 0 bridgehead atoms. The Labute approximate surface area is 95.3 Å². The number of hydrogen-bond acceptors (Lipinski definition) is 3. The lowest BCUT2D eigenvalue weighted by Crippen LogP contribution is -2.14. The number of carbonyl (C=O) groups excluding carboxylic acids is 1. The highest BCUT2D eigenvalue weighted by molar-refractivity contribution is 8.07. The largest absolute Gasteiger partial charge is 0.404 e. The molecule has 84 valence electrons. The van der Waals surface area contributed by atoms with E-state index < -0.39 is 5.91 Å². The molecule has 0 saturated carbocycles. The monoisotopic (exact) mass is 226 g/mol. The molecule has 0 atom stereocenters. The number of thioether (sulfide) groups is 1. The zero-order valence-corrected chi connectivity index (χ0v) is 9.90. The third kappa shape index (κ3) is 5.32. The maximum atomic E-state index is 10.9. The van der Waals surface area contributed by atoms with Crippen LogP contribution in [0.15, 0.2) is 34.7 Å². The molecule has 0 aliphatic rings. The summed E-state index contributed by atoms with van der Waals surface area (Å²) in [5.41, 5.74) is 10.7. The number of hydrogen-bond donors (Lipinski definition) is 2. The molecule has 0 fully saturated rings. The Morgan fingerprint density at radius 1 is 1.47 bits per heavy atom. The highest BCUT2D eigenvalue weighted by atomic mass is 32.2. The van der Waals surface area contributed by atoms with Crippen LogP contribution in [0.3, 0.4) is 0 Å². The van der Waals surface area contributed by atoms with Gasteiger partial charge in [0.1, 0.15) is 0 Å². The first kappa shape index (κ1) is 13.8. The number of amides is 1. The van der Waals surface area contributed by atoms with E-state index in [4.69, 9.17) is 11.5 Å². The van der Waals surface area contributed by atoms with Crippen molar-refractivity contribution >= 4 is 17.7 Å². The Balaban J connectivity index is 4.30. The number of rotatable bonds is 7. The Morgan fingerprint density at radius 2 is 2.07 bits per heavy atom. The van der Waals surface area contributed by atoms with Crippen molar-refractivity contribution in [3.63, 3.8) is 0 Å². The molecule has 3 nitrogen and oxygen atoms in total. The molecule has 0 rings (SSSR count). The molecule has 0 aliphatic heterocycles. The van der Waals surface area contributed by atoms with Crippen molar-refractivity contribution in [3.8, 4) is 0 Å². The van der Waals surface area contributed by atoms with E-state index in [0.717, 1.165) is 24.2 Å². The van der Waals surface area contributed by atoms with Gasteiger partial charge in [0.2, 0.25) is 5.91 Å². The quantitative estimate of drug-likeness (QED) is 0.517. The second kappa shape index (κ2) is 7.17. The van der Waals surface area contributed by atoms with Crippen molar-refractivity contribution < 1.29 is 4.79 Å². The molecule has 4 N–H and O–H groups in total. The molecule has 0 unspecified atom stereocenters. The van der Waals surface area contributed by atoms with E-state index in [0.29, 0.717) is 4.91 Å². The SMILES string of the molecule is C=C(CCCC)S/C(=C\N)C(=C)C(N)=O. The van der Waals surface area contributed by atoms with Gasteiger partial charge in [-0.15, -0.1) is 0 Å². The van der Waals surface area contributed by atoms with Crippen LogP contribution in [0.2, 0.25) is 0 Å². The van der Waals surface area contributed by atoms with Gasteiger partial charge in [0.05, 0.1) is 0 Å². The molecular formula is C11H18N2OS. The Hall–Kier alpha value is -1.16. The first-order valence-electron chi connectivity index (χ1n) is 4.79. The fourth-order valence-corrected chi connectivity index (χ4v) is 1.75. The van der Waals surface area contributed by atoms with E-state index in [-0.39, 0.29) is 5.57 Å². The third-order valence-electron chi connectivity index (χ3n) is 1.81. The third-order valence-corrected chi connectivity index (χ3v) is 2.90. The van der Waals surface area contributed by atoms with Crippen molar-refractivity contribution in [1.82, 2.24) is 0 Å². The number of unbranched alkanes of at least 4 members (excludes halogenated alkanes) is 1. The first-order chi connectivity index (χ1) is 7.02. The van der Waals surface area contributed by atoms with Crippen LogP contribution in [-0.4, -0.2) is 5.91 Å². The number of primary amides is 1. The van der Waals surface area contributed by atoms with Gasteiger partial charge < -0.3 is 11.5 Å². The van der Waals surface area contributed by atoms with Crippen LogP contribution in [0, 0.1) is 0 Å². The molecule has 0 heterocycles. The Kier molecular flexibility index (Phi) is 6.62. The fraction of sp³-hybridized carbons (Fsp3) is 0.364. The fourth-order valence-electron chi connectivity index (χ4n) is 0.898.